The van der Waals surface area contributed by atoms with Crippen molar-refractivity contribution >= 4 is 27.3 Å². The molecule has 2 heterocycles. The van der Waals surface area contributed by atoms with Crippen molar-refractivity contribution in [1.29, 1.82) is 0 Å². The Bertz CT molecular complexity index is 1170. The van der Waals surface area contributed by atoms with Crippen LogP contribution in [-0.4, -0.2) is 35.6 Å². The summed E-state index contributed by atoms with van der Waals surface area (Å²) < 4.78 is 30.1. The zero-order valence-electron chi connectivity index (χ0n) is 15.5. The van der Waals surface area contributed by atoms with Crippen LogP contribution in [0.15, 0.2) is 53.7 Å². The van der Waals surface area contributed by atoms with Crippen LogP contribution in [0.5, 0.6) is 0 Å². The third kappa shape index (κ3) is 3.24. The summed E-state index contributed by atoms with van der Waals surface area (Å²) in [4.78, 5) is 13.5. The topological polar surface area (TPSA) is 97.2 Å². The quantitative estimate of drug-likeness (QED) is 0.728. The molecule has 1 aliphatic rings. The van der Waals surface area contributed by atoms with E-state index in [1.54, 1.807) is 46.1 Å². The minimum Gasteiger partial charge on any atom is -0.317 e. The highest BCUT2D eigenvalue weighted by Gasteiger charge is 2.25. The molecule has 0 aliphatic carbocycles. The number of carbonyl (C=O) groups excluding carboxylic acids is 1. The number of amides is 1. The summed E-state index contributed by atoms with van der Waals surface area (Å²) in [5.41, 5.74) is 2.82. The van der Waals surface area contributed by atoms with Crippen molar-refractivity contribution < 1.29 is 13.2 Å². The number of nitrogens with zero attached hydrogens (tertiary/aromatic N) is 4. The van der Waals surface area contributed by atoms with E-state index in [9.17, 15) is 13.2 Å². The van der Waals surface area contributed by atoms with Gasteiger partial charge in [0.05, 0.1) is 4.90 Å². The lowest BCUT2D eigenvalue weighted by atomic mass is 10.2. The van der Waals surface area contributed by atoms with Gasteiger partial charge in [-0.1, -0.05) is 12.1 Å². The van der Waals surface area contributed by atoms with E-state index in [0.29, 0.717) is 24.5 Å². The molecule has 0 atom stereocenters. The monoisotopic (exact) mass is 397 g/mol. The molecule has 1 aromatic heterocycles. The van der Waals surface area contributed by atoms with Gasteiger partial charge in [-0.15, -0.1) is 10.2 Å². The van der Waals surface area contributed by atoms with E-state index >= 15 is 0 Å². The lowest BCUT2D eigenvalue weighted by molar-refractivity contribution is -0.116. The molecule has 0 bridgehead atoms. The molecule has 28 heavy (non-hydrogen) atoms. The standard InChI is InChI=1S/C19H19N5O3S/c1-13(25)24-9-8-14-11-17(6-7-18(14)24)28(26,27)22-16-5-3-4-15(10-16)19-21-20-12-23(19)2/h3-7,10-12,22H,8-9H2,1-2H3. The second-order valence-electron chi connectivity index (χ2n) is 6.66. The van der Waals surface area contributed by atoms with E-state index in [2.05, 4.69) is 14.9 Å². The minimum atomic E-state index is -3.76. The lowest BCUT2D eigenvalue weighted by Crippen LogP contribution is -2.25. The Morgan fingerprint density at radius 2 is 2.00 bits per heavy atom. The van der Waals surface area contributed by atoms with Crippen molar-refractivity contribution in [3.05, 3.63) is 54.4 Å². The van der Waals surface area contributed by atoms with Gasteiger partial charge in [-0.25, -0.2) is 8.42 Å². The summed E-state index contributed by atoms with van der Waals surface area (Å²) in [5, 5.41) is 7.89. The molecule has 1 amide bonds. The van der Waals surface area contributed by atoms with Gasteiger partial charge >= 0.3 is 0 Å². The van der Waals surface area contributed by atoms with Gasteiger partial charge in [-0.3, -0.25) is 9.52 Å². The van der Waals surface area contributed by atoms with Gasteiger partial charge in [0.2, 0.25) is 5.91 Å². The molecule has 144 valence electrons. The molecule has 0 fully saturated rings. The summed E-state index contributed by atoms with van der Waals surface area (Å²) in [7, 11) is -1.94. The molecule has 1 aliphatic heterocycles. The van der Waals surface area contributed by atoms with E-state index in [0.717, 1.165) is 16.8 Å². The zero-order valence-corrected chi connectivity index (χ0v) is 16.3. The van der Waals surface area contributed by atoms with Crippen LogP contribution in [-0.2, 0) is 28.3 Å². The molecule has 3 aromatic rings. The number of carbonyl (C=O) groups is 1. The van der Waals surface area contributed by atoms with Crippen molar-refractivity contribution in [2.45, 2.75) is 18.2 Å². The van der Waals surface area contributed by atoms with Crippen LogP contribution in [0.25, 0.3) is 11.4 Å². The normalized spacial score (nSPS) is 13.4. The molecule has 1 N–H and O–H groups in total. The average Bonchev–Trinajstić information content (AvgIpc) is 3.27. The van der Waals surface area contributed by atoms with Crippen LogP contribution in [0.3, 0.4) is 0 Å². The highest BCUT2D eigenvalue weighted by Crippen LogP contribution is 2.31. The summed E-state index contributed by atoms with van der Waals surface area (Å²) >= 11 is 0. The molecule has 8 nitrogen and oxygen atoms in total. The van der Waals surface area contributed by atoms with E-state index in [1.807, 2.05) is 13.1 Å². The van der Waals surface area contributed by atoms with E-state index in [1.165, 1.54) is 13.0 Å². The van der Waals surface area contributed by atoms with Gasteiger partial charge in [0.25, 0.3) is 10.0 Å². The Morgan fingerprint density at radius 1 is 1.18 bits per heavy atom. The number of benzene rings is 2. The molecule has 0 radical (unpaired) electrons. The maximum atomic E-state index is 12.9. The van der Waals surface area contributed by atoms with Crippen molar-refractivity contribution in [2.75, 3.05) is 16.2 Å². The molecule has 0 spiro atoms. The number of aromatic nitrogens is 3. The first-order chi connectivity index (χ1) is 13.3. The average molecular weight is 397 g/mol. The first-order valence-electron chi connectivity index (χ1n) is 8.73. The van der Waals surface area contributed by atoms with Crippen LogP contribution >= 0.6 is 0 Å². The van der Waals surface area contributed by atoms with Crippen LogP contribution in [0.4, 0.5) is 11.4 Å². The van der Waals surface area contributed by atoms with E-state index < -0.39 is 10.0 Å². The number of rotatable bonds is 4. The summed E-state index contributed by atoms with van der Waals surface area (Å²) in [5.74, 6) is 0.593. The Balaban J connectivity index is 1.62. The van der Waals surface area contributed by atoms with Gasteiger partial charge in [0, 0.05) is 37.5 Å². The fraction of sp³-hybridized carbons (Fsp3) is 0.211. The highest BCUT2D eigenvalue weighted by molar-refractivity contribution is 7.92. The first-order valence-corrected chi connectivity index (χ1v) is 10.2. The van der Waals surface area contributed by atoms with Crippen molar-refractivity contribution in [3.63, 3.8) is 0 Å². The number of sulfonamides is 1. The van der Waals surface area contributed by atoms with Crippen molar-refractivity contribution in [2.24, 2.45) is 7.05 Å². The molecule has 0 saturated carbocycles. The van der Waals surface area contributed by atoms with E-state index in [-0.39, 0.29) is 10.8 Å². The summed E-state index contributed by atoms with van der Waals surface area (Å²) in [6.07, 6.45) is 2.22. The number of fused-ring (bicyclic) bond motifs is 1. The number of nitrogens with one attached hydrogen (secondary N) is 1. The SMILES string of the molecule is CC(=O)N1CCc2cc(S(=O)(=O)Nc3cccc(-c4nncn4C)c3)ccc21. The fourth-order valence-electron chi connectivity index (χ4n) is 3.35. The third-order valence-corrected chi connectivity index (χ3v) is 6.10. The minimum absolute atomic E-state index is 0.0481. The molecular formula is C19H19N5O3S. The third-order valence-electron chi connectivity index (χ3n) is 4.72. The van der Waals surface area contributed by atoms with Crippen LogP contribution < -0.4 is 9.62 Å². The van der Waals surface area contributed by atoms with Gasteiger partial charge in [0.1, 0.15) is 6.33 Å². The maximum absolute atomic E-state index is 12.9. The molecule has 0 unspecified atom stereocenters. The molecular weight excluding hydrogens is 378 g/mol. The van der Waals surface area contributed by atoms with Crippen molar-refractivity contribution in [3.8, 4) is 11.4 Å². The van der Waals surface area contributed by atoms with Crippen LogP contribution in [0, 0.1) is 0 Å². The Labute approximate surface area is 162 Å². The molecule has 0 saturated heterocycles. The first kappa shape index (κ1) is 18.2. The van der Waals surface area contributed by atoms with Gasteiger partial charge < -0.3 is 9.47 Å². The number of hydrogen-bond donors (Lipinski definition) is 1. The van der Waals surface area contributed by atoms with Gasteiger partial charge in [-0.05, 0) is 42.3 Å². The summed E-state index contributed by atoms with van der Waals surface area (Å²) in [6.45, 7) is 2.08. The number of hydrogen-bond acceptors (Lipinski definition) is 5. The lowest BCUT2D eigenvalue weighted by Gasteiger charge is -2.15. The largest absolute Gasteiger partial charge is 0.317 e. The van der Waals surface area contributed by atoms with Crippen LogP contribution in [0.2, 0.25) is 0 Å². The molecule has 4 rings (SSSR count). The zero-order chi connectivity index (χ0) is 19.9. The highest BCUT2D eigenvalue weighted by atomic mass is 32.2. The Morgan fingerprint density at radius 3 is 2.71 bits per heavy atom. The van der Waals surface area contributed by atoms with Crippen molar-refractivity contribution in [1.82, 2.24) is 14.8 Å². The second kappa shape index (κ2) is 6.75. The number of aryl methyl sites for hydroxylation is 1. The summed E-state index contributed by atoms with van der Waals surface area (Å²) in [6, 6.07) is 11.8. The molecule has 2 aromatic carbocycles. The maximum Gasteiger partial charge on any atom is 0.261 e. The van der Waals surface area contributed by atoms with E-state index in [4.69, 9.17) is 0 Å². The fourth-order valence-corrected chi connectivity index (χ4v) is 4.45. The predicted octanol–water partition coefficient (Wildman–Crippen LogP) is 2.19. The second-order valence-corrected chi connectivity index (χ2v) is 8.35. The Kier molecular flexibility index (Phi) is 4.38. The van der Waals surface area contributed by atoms with Gasteiger partial charge in [0.15, 0.2) is 5.82 Å². The number of anilines is 2. The predicted molar refractivity (Wildman–Crippen MR) is 105 cm³/mol. The Hall–Kier alpha value is -3.20. The smallest absolute Gasteiger partial charge is 0.261 e. The molecule has 9 heteroatoms. The van der Waals surface area contributed by atoms with Gasteiger partial charge in [-0.2, -0.15) is 0 Å². The van der Waals surface area contributed by atoms with Crippen LogP contribution in [0.1, 0.15) is 12.5 Å².